The van der Waals surface area contributed by atoms with Gasteiger partial charge in [0.2, 0.25) is 5.95 Å². The molecule has 18 heavy (non-hydrogen) atoms. The van der Waals surface area contributed by atoms with E-state index in [9.17, 15) is 0 Å². The number of aromatic nitrogens is 2. The van der Waals surface area contributed by atoms with Crippen LogP contribution in [0.1, 0.15) is 46.0 Å². The minimum absolute atomic E-state index is 0.561. The fourth-order valence-corrected chi connectivity index (χ4v) is 2.57. The SMILES string of the molecule is CCN(CC)c1ccnc(NC2CCCCC2)n1. The van der Waals surface area contributed by atoms with Gasteiger partial charge in [0.25, 0.3) is 0 Å². The summed E-state index contributed by atoms with van der Waals surface area (Å²) in [5, 5.41) is 3.48. The molecular formula is C14H24N4. The van der Waals surface area contributed by atoms with Crippen LogP contribution >= 0.6 is 0 Å². The molecule has 0 bridgehead atoms. The molecule has 1 fully saturated rings. The van der Waals surface area contributed by atoms with Crippen LogP contribution in [0.3, 0.4) is 0 Å². The molecule has 0 atom stereocenters. The lowest BCUT2D eigenvalue weighted by atomic mass is 9.96. The summed E-state index contributed by atoms with van der Waals surface area (Å²) in [6.07, 6.45) is 8.38. The van der Waals surface area contributed by atoms with Gasteiger partial charge in [-0.05, 0) is 32.8 Å². The smallest absolute Gasteiger partial charge is 0.224 e. The molecule has 1 N–H and O–H groups in total. The van der Waals surface area contributed by atoms with Gasteiger partial charge in [-0.1, -0.05) is 19.3 Å². The van der Waals surface area contributed by atoms with Crippen molar-refractivity contribution in [1.29, 1.82) is 0 Å². The highest BCUT2D eigenvalue weighted by Crippen LogP contribution is 2.21. The largest absolute Gasteiger partial charge is 0.357 e. The Morgan fingerprint density at radius 1 is 1.22 bits per heavy atom. The van der Waals surface area contributed by atoms with E-state index >= 15 is 0 Å². The molecule has 0 aromatic carbocycles. The summed E-state index contributed by atoms with van der Waals surface area (Å²) in [5.74, 6) is 1.81. The number of anilines is 2. The monoisotopic (exact) mass is 248 g/mol. The zero-order chi connectivity index (χ0) is 12.8. The molecule has 1 aliphatic rings. The average Bonchev–Trinajstić information content (AvgIpc) is 2.42. The van der Waals surface area contributed by atoms with E-state index in [0.29, 0.717) is 6.04 Å². The second-order valence-corrected chi connectivity index (χ2v) is 4.89. The lowest BCUT2D eigenvalue weighted by molar-refractivity contribution is 0.461. The van der Waals surface area contributed by atoms with Crippen LogP contribution in [0.5, 0.6) is 0 Å². The molecule has 4 nitrogen and oxygen atoms in total. The molecule has 0 amide bonds. The highest BCUT2D eigenvalue weighted by molar-refractivity contribution is 5.42. The van der Waals surface area contributed by atoms with Gasteiger partial charge in [-0.3, -0.25) is 0 Å². The lowest BCUT2D eigenvalue weighted by Gasteiger charge is -2.24. The van der Waals surface area contributed by atoms with E-state index in [4.69, 9.17) is 0 Å². The molecule has 1 saturated carbocycles. The summed E-state index contributed by atoms with van der Waals surface area (Å²) in [6.45, 7) is 6.27. The predicted octanol–water partition coefficient (Wildman–Crippen LogP) is 3.07. The van der Waals surface area contributed by atoms with E-state index < -0.39 is 0 Å². The van der Waals surface area contributed by atoms with E-state index in [1.807, 2.05) is 12.3 Å². The third-order valence-corrected chi connectivity index (χ3v) is 3.67. The summed E-state index contributed by atoms with van der Waals surface area (Å²) in [7, 11) is 0. The second-order valence-electron chi connectivity index (χ2n) is 4.89. The Bertz CT molecular complexity index is 357. The third-order valence-electron chi connectivity index (χ3n) is 3.67. The molecule has 0 unspecified atom stereocenters. The number of hydrogen-bond acceptors (Lipinski definition) is 4. The zero-order valence-corrected chi connectivity index (χ0v) is 11.5. The van der Waals surface area contributed by atoms with Crippen LogP contribution in [0.2, 0.25) is 0 Å². The maximum Gasteiger partial charge on any atom is 0.224 e. The van der Waals surface area contributed by atoms with Gasteiger partial charge in [0.05, 0.1) is 0 Å². The Morgan fingerprint density at radius 3 is 2.61 bits per heavy atom. The van der Waals surface area contributed by atoms with Crippen LogP contribution in [0.25, 0.3) is 0 Å². The standard InChI is InChI=1S/C14H24N4/c1-3-18(4-2)13-10-11-15-14(17-13)16-12-8-6-5-7-9-12/h10-12H,3-9H2,1-2H3,(H,15,16,17). The van der Waals surface area contributed by atoms with Crippen LogP contribution < -0.4 is 10.2 Å². The Kier molecular flexibility index (Phi) is 4.79. The number of nitrogens with zero attached hydrogens (tertiary/aromatic N) is 3. The summed E-state index contributed by atoms with van der Waals surface area (Å²) in [4.78, 5) is 11.2. The van der Waals surface area contributed by atoms with Gasteiger partial charge < -0.3 is 10.2 Å². The van der Waals surface area contributed by atoms with Gasteiger partial charge in [-0.2, -0.15) is 4.98 Å². The first-order valence-electron chi connectivity index (χ1n) is 7.18. The molecule has 1 aromatic heterocycles. The highest BCUT2D eigenvalue weighted by atomic mass is 15.2. The Morgan fingerprint density at radius 2 is 1.94 bits per heavy atom. The van der Waals surface area contributed by atoms with Crippen LogP contribution in [0.15, 0.2) is 12.3 Å². The van der Waals surface area contributed by atoms with Crippen molar-refractivity contribution in [3.63, 3.8) is 0 Å². The van der Waals surface area contributed by atoms with Crippen molar-refractivity contribution < 1.29 is 0 Å². The van der Waals surface area contributed by atoms with Crippen molar-refractivity contribution >= 4 is 11.8 Å². The molecule has 1 aliphatic carbocycles. The summed E-state index contributed by atoms with van der Waals surface area (Å²) >= 11 is 0. The van der Waals surface area contributed by atoms with Crippen molar-refractivity contribution in [3.8, 4) is 0 Å². The van der Waals surface area contributed by atoms with E-state index in [1.54, 1.807) is 0 Å². The van der Waals surface area contributed by atoms with Crippen molar-refractivity contribution in [3.05, 3.63) is 12.3 Å². The van der Waals surface area contributed by atoms with Crippen LogP contribution in [0.4, 0.5) is 11.8 Å². The van der Waals surface area contributed by atoms with Gasteiger partial charge in [0, 0.05) is 25.3 Å². The van der Waals surface area contributed by atoms with Gasteiger partial charge in [-0.25, -0.2) is 4.98 Å². The molecule has 0 radical (unpaired) electrons. The summed E-state index contributed by atoms with van der Waals surface area (Å²) in [6, 6.07) is 2.55. The maximum atomic E-state index is 4.61. The predicted molar refractivity (Wildman–Crippen MR) is 76.1 cm³/mol. The first kappa shape index (κ1) is 13.1. The Labute approximate surface area is 110 Å². The highest BCUT2D eigenvalue weighted by Gasteiger charge is 2.14. The quantitative estimate of drug-likeness (QED) is 0.869. The van der Waals surface area contributed by atoms with E-state index in [1.165, 1.54) is 32.1 Å². The van der Waals surface area contributed by atoms with E-state index in [-0.39, 0.29) is 0 Å². The maximum absolute atomic E-state index is 4.61. The molecule has 4 heteroatoms. The minimum atomic E-state index is 0.561. The summed E-state index contributed by atoms with van der Waals surface area (Å²) < 4.78 is 0. The van der Waals surface area contributed by atoms with Crippen LogP contribution in [0, 0.1) is 0 Å². The molecule has 0 aliphatic heterocycles. The first-order chi connectivity index (χ1) is 8.83. The number of hydrogen-bond donors (Lipinski definition) is 1. The normalized spacial score (nSPS) is 16.6. The first-order valence-corrected chi connectivity index (χ1v) is 7.18. The van der Waals surface area contributed by atoms with E-state index in [0.717, 1.165) is 24.9 Å². The van der Waals surface area contributed by atoms with Gasteiger partial charge in [0.15, 0.2) is 0 Å². The molecule has 1 aromatic rings. The lowest BCUT2D eigenvalue weighted by Crippen LogP contribution is -2.26. The molecule has 0 spiro atoms. The molecule has 2 rings (SSSR count). The van der Waals surface area contributed by atoms with Gasteiger partial charge in [0.1, 0.15) is 5.82 Å². The molecule has 1 heterocycles. The van der Waals surface area contributed by atoms with Gasteiger partial charge >= 0.3 is 0 Å². The topological polar surface area (TPSA) is 41.1 Å². The third kappa shape index (κ3) is 3.34. The fourth-order valence-electron chi connectivity index (χ4n) is 2.57. The Balaban J connectivity index is 2.01. The van der Waals surface area contributed by atoms with Crippen molar-refractivity contribution in [1.82, 2.24) is 9.97 Å². The van der Waals surface area contributed by atoms with E-state index in [2.05, 4.69) is 34.0 Å². The Hall–Kier alpha value is -1.32. The molecule has 100 valence electrons. The fraction of sp³-hybridized carbons (Fsp3) is 0.714. The minimum Gasteiger partial charge on any atom is -0.357 e. The van der Waals surface area contributed by atoms with Crippen LogP contribution in [-0.2, 0) is 0 Å². The molecule has 0 saturated heterocycles. The molecular weight excluding hydrogens is 224 g/mol. The van der Waals surface area contributed by atoms with Crippen LogP contribution in [-0.4, -0.2) is 29.1 Å². The average molecular weight is 248 g/mol. The van der Waals surface area contributed by atoms with Gasteiger partial charge in [-0.15, -0.1) is 0 Å². The van der Waals surface area contributed by atoms with Crippen molar-refractivity contribution in [2.75, 3.05) is 23.3 Å². The summed E-state index contributed by atoms with van der Waals surface area (Å²) in [5.41, 5.74) is 0. The second kappa shape index (κ2) is 6.57. The van der Waals surface area contributed by atoms with Crippen molar-refractivity contribution in [2.24, 2.45) is 0 Å². The van der Waals surface area contributed by atoms with Crippen molar-refractivity contribution in [2.45, 2.75) is 52.0 Å². The zero-order valence-electron chi connectivity index (χ0n) is 11.5. The number of rotatable bonds is 5. The number of nitrogens with one attached hydrogen (secondary N) is 1.